The van der Waals surface area contributed by atoms with Gasteiger partial charge in [0.15, 0.2) is 0 Å². The molecule has 0 aliphatic rings. The molecule has 0 atom stereocenters. The fraction of sp³-hybridized carbons (Fsp3) is 0.222. The zero-order valence-corrected chi connectivity index (χ0v) is 14.8. The van der Waals surface area contributed by atoms with Crippen LogP contribution in [0.1, 0.15) is 6.42 Å². The smallest absolute Gasteiger partial charge is 0.404 e. The fourth-order valence-electron chi connectivity index (χ4n) is 3.01. The second kappa shape index (κ2) is 6.94. The summed E-state index contributed by atoms with van der Waals surface area (Å²) < 4.78 is 3.82. The maximum atomic E-state index is 10.5. The van der Waals surface area contributed by atoms with Gasteiger partial charge in [0, 0.05) is 49.0 Å². The Bertz CT molecular complexity index is 1120. The summed E-state index contributed by atoms with van der Waals surface area (Å²) in [5, 5.41) is 20.5. The van der Waals surface area contributed by atoms with Gasteiger partial charge in [-0.15, -0.1) is 0 Å². The molecule has 4 aromatic rings. The molecule has 0 spiro atoms. The molecule has 138 valence electrons. The summed E-state index contributed by atoms with van der Waals surface area (Å²) in [5.41, 5.74) is 2.72. The summed E-state index contributed by atoms with van der Waals surface area (Å²) in [6, 6.07) is 7.92. The first kappa shape index (κ1) is 16.8. The van der Waals surface area contributed by atoms with Crippen molar-refractivity contribution >= 4 is 39.7 Å². The lowest BCUT2D eigenvalue weighted by atomic mass is 10.2. The Morgan fingerprint density at radius 1 is 1.22 bits per heavy atom. The molecule has 0 unspecified atom stereocenters. The van der Waals surface area contributed by atoms with Gasteiger partial charge in [0.05, 0.1) is 11.7 Å². The van der Waals surface area contributed by atoms with Gasteiger partial charge in [-0.2, -0.15) is 10.1 Å². The zero-order valence-electron chi connectivity index (χ0n) is 14.8. The number of nitrogens with zero attached hydrogens (tertiary/aromatic N) is 5. The van der Waals surface area contributed by atoms with Gasteiger partial charge in [0.25, 0.3) is 0 Å². The van der Waals surface area contributed by atoms with Gasteiger partial charge >= 0.3 is 6.09 Å². The second-order valence-corrected chi connectivity index (χ2v) is 6.23. The largest absolute Gasteiger partial charge is 0.465 e. The lowest BCUT2D eigenvalue weighted by molar-refractivity contribution is 0.194. The number of fused-ring (bicyclic) bond motifs is 2. The van der Waals surface area contributed by atoms with Crippen molar-refractivity contribution in [1.82, 2.24) is 29.6 Å². The van der Waals surface area contributed by atoms with Gasteiger partial charge in [-0.05, 0) is 30.7 Å². The maximum absolute atomic E-state index is 10.5. The van der Waals surface area contributed by atoms with Gasteiger partial charge in [0.2, 0.25) is 5.95 Å². The van der Waals surface area contributed by atoms with Crippen LogP contribution in [0, 0.1) is 0 Å². The minimum absolute atomic E-state index is 0.399. The van der Waals surface area contributed by atoms with Crippen LogP contribution in [0.5, 0.6) is 0 Å². The summed E-state index contributed by atoms with van der Waals surface area (Å²) in [7, 11) is 1.90. The van der Waals surface area contributed by atoms with Gasteiger partial charge in [0.1, 0.15) is 5.65 Å². The van der Waals surface area contributed by atoms with Crippen LogP contribution in [0.15, 0.2) is 42.9 Å². The molecule has 3 N–H and O–H groups in total. The van der Waals surface area contributed by atoms with Gasteiger partial charge in [-0.1, -0.05) is 0 Å². The van der Waals surface area contributed by atoms with E-state index in [9.17, 15) is 4.79 Å². The molecule has 0 aliphatic heterocycles. The van der Waals surface area contributed by atoms with Crippen molar-refractivity contribution in [1.29, 1.82) is 0 Å². The Labute approximate surface area is 154 Å². The van der Waals surface area contributed by atoms with Gasteiger partial charge < -0.3 is 20.3 Å². The quantitative estimate of drug-likeness (QED) is 0.453. The van der Waals surface area contributed by atoms with Crippen LogP contribution in [0.3, 0.4) is 0 Å². The van der Waals surface area contributed by atoms with Crippen molar-refractivity contribution in [3.63, 3.8) is 0 Å². The Hall–Kier alpha value is -3.62. The fourth-order valence-corrected chi connectivity index (χ4v) is 3.01. The van der Waals surface area contributed by atoms with Gasteiger partial charge in [-0.3, -0.25) is 4.68 Å². The lowest BCUT2D eigenvalue weighted by Gasteiger charge is -2.08. The van der Waals surface area contributed by atoms with E-state index >= 15 is 0 Å². The summed E-state index contributed by atoms with van der Waals surface area (Å²) in [6.07, 6.45) is 5.21. The number of nitrogens with one attached hydrogen (secondary N) is 2. The number of aryl methyl sites for hydroxylation is 2. The molecule has 9 nitrogen and oxygen atoms in total. The molecule has 0 fully saturated rings. The number of carbonyl (C=O) groups is 1. The first-order chi connectivity index (χ1) is 13.1. The van der Waals surface area contributed by atoms with Crippen LogP contribution in [0.2, 0.25) is 0 Å². The number of aromatic nitrogens is 5. The summed E-state index contributed by atoms with van der Waals surface area (Å²) in [5.74, 6) is 0.507. The number of amides is 1. The Morgan fingerprint density at radius 2 is 2.11 bits per heavy atom. The van der Waals surface area contributed by atoms with Crippen LogP contribution in [0.25, 0.3) is 21.9 Å². The Kier molecular flexibility index (Phi) is 4.33. The highest BCUT2D eigenvalue weighted by atomic mass is 16.4. The molecule has 4 rings (SSSR count). The number of benzene rings is 1. The molecule has 27 heavy (non-hydrogen) atoms. The Morgan fingerprint density at radius 3 is 2.96 bits per heavy atom. The molecular weight excluding hydrogens is 346 g/mol. The van der Waals surface area contributed by atoms with E-state index in [1.54, 1.807) is 6.20 Å². The first-order valence-corrected chi connectivity index (χ1v) is 8.57. The molecule has 3 aromatic heterocycles. The molecule has 0 saturated carbocycles. The van der Waals surface area contributed by atoms with Crippen LogP contribution < -0.4 is 10.6 Å². The minimum atomic E-state index is -1.01. The van der Waals surface area contributed by atoms with Crippen molar-refractivity contribution in [3.8, 4) is 0 Å². The van der Waals surface area contributed by atoms with E-state index in [1.807, 2.05) is 53.0 Å². The third-order valence-electron chi connectivity index (χ3n) is 4.36. The van der Waals surface area contributed by atoms with E-state index in [-0.39, 0.29) is 0 Å². The highest BCUT2D eigenvalue weighted by Gasteiger charge is 2.07. The maximum Gasteiger partial charge on any atom is 0.404 e. The van der Waals surface area contributed by atoms with Crippen molar-refractivity contribution in [2.75, 3.05) is 11.9 Å². The molecule has 0 aliphatic carbocycles. The van der Waals surface area contributed by atoms with Crippen LogP contribution in [0.4, 0.5) is 16.4 Å². The zero-order chi connectivity index (χ0) is 18.8. The Balaban J connectivity index is 1.53. The SMILES string of the molecule is Cn1ncc2ccc(Nc3ncc4ccn(CCCNC(=O)O)c4n3)cc21. The van der Waals surface area contributed by atoms with E-state index in [2.05, 4.69) is 25.7 Å². The third-order valence-corrected chi connectivity index (χ3v) is 4.36. The number of rotatable bonds is 6. The van der Waals surface area contributed by atoms with E-state index in [0.29, 0.717) is 25.5 Å². The summed E-state index contributed by atoms with van der Waals surface area (Å²) >= 11 is 0. The molecule has 3 heterocycles. The lowest BCUT2D eigenvalue weighted by Crippen LogP contribution is -2.22. The molecule has 1 aromatic carbocycles. The van der Waals surface area contributed by atoms with E-state index in [0.717, 1.165) is 27.6 Å². The molecule has 1 amide bonds. The number of anilines is 2. The summed E-state index contributed by atoms with van der Waals surface area (Å²) in [4.78, 5) is 19.5. The van der Waals surface area contributed by atoms with Crippen LogP contribution in [-0.2, 0) is 13.6 Å². The normalized spacial score (nSPS) is 11.1. The highest BCUT2D eigenvalue weighted by Crippen LogP contribution is 2.22. The number of hydrogen-bond acceptors (Lipinski definition) is 5. The monoisotopic (exact) mass is 365 g/mol. The number of hydrogen-bond donors (Lipinski definition) is 3. The standard InChI is InChI=1S/C18H19N7O2/c1-24-15-9-14(4-3-12(15)11-21-24)22-17-20-10-13-5-8-25(16(13)23-17)7-2-6-19-18(26)27/h3-5,8-11,19H,2,6-7H2,1H3,(H,26,27)(H,20,22,23). The topological polar surface area (TPSA) is 110 Å². The molecule has 0 saturated heterocycles. The second-order valence-electron chi connectivity index (χ2n) is 6.23. The average Bonchev–Trinajstić information content (AvgIpc) is 3.22. The molecular formula is C18H19N7O2. The van der Waals surface area contributed by atoms with Crippen molar-refractivity contribution in [3.05, 3.63) is 42.9 Å². The average molecular weight is 365 g/mol. The van der Waals surface area contributed by atoms with Crippen LogP contribution in [-0.4, -0.2) is 42.1 Å². The number of carboxylic acid groups (broad SMARTS) is 1. The van der Waals surface area contributed by atoms with Crippen molar-refractivity contribution in [2.24, 2.45) is 7.05 Å². The van der Waals surface area contributed by atoms with Gasteiger partial charge in [-0.25, -0.2) is 9.78 Å². The van der Waals surface area contributed by atoms with Crippen molar-refractivity contribution in [2.45, 2.75) is 13.0 Å². The van der Waals surface area contributed by atoms with E-state index < -0.39 is 6.09 Å². The van der Waals surface area contributed by atoms with E-state index in [1.165, 1.54) is 0 Å². The van der Waals surface area contributed by atoms with Crippen LogP contribution >= 0.6 is 0 Å². The third kappa shape index (κ3) is 3.52. The van der Waals surface area contributed by atoms with Crippen molar-refractivity contribution < 1.29 is 9.90 Å². The minimum Gasteiger partial charge on any atom is -0.465 e. The predicted octanol–water partition coefficient (Wildman–Crippen LogP) is 2.72. The molecule has 0 bridgehead atoms. The van der Waals surface area contributed by atoms with E-state index in [4.69, 9.17) is 5.11 Å². The summed E-state index contributed by atoms with van der Waals surface area (Å²) in [6.45, 7) is 1.07. The highest BCUT2D eigenvalue weighted by molar-refractivity contribution is 5.83. The predicted molar refractivity (Wildman–Crippen MR) is 102 cm³/mol. The molecule has 0 radical (unpaired) electrons. The molecule has 9 heteroatoms. The first-order valence-electron chi connectivity index (χ1n) is 8.57.